The van der Waals surface area contributed by atoms with E-state index in [1.165, 1.54) is 12.1 Å². The van der Waals surface area contributed by atoms with Crippen molar-refractivity contribution in [1.82, 2.24) is 5.32 Å². The Hall–Kier alpha value is -1.81. The monoisotopic (exact) mass is 349 g/mol. The first kappa shape index (κ1) is 19.5. The van der Waals surface area contributed by atoms with Gasteiger partial charge in [0.15, 0.2) is 0 Å². The standard InChI is InChI=1S/C21H26F3N/c1-4-5-11-20(25-16(3)17-9-7-6-8-10-17)18-12-15(2)13-19(14-18)21(22,23)24/h6-10,12-14,16,20,25H,4-5,11H2,1-3H3. The minimum absolute atomic E-state index is 0.0675. The number of rotatable bonds is 7. The van der Waals surface area contributed by atoms with E-state index in [9.17, 15) is 13.2 Å². The lowest BCUT2D eigenvalue weighted by molar-refractivity contribution is -0.137. The lowest BCUT2D eigenvalue weighted by Gasteiger charge is -2.25. The number of unbranched alkanes of at least 4 members (excludes halogenated alkanes) is 1. The predicted molar refractivity (Wildman–Crippen MR) is 96.4 cm³/mol. The summed E-state index contributed by atoms with van der Waals surface area (Å²) in [6.45, 7) is 5.86. The van der Waals surface area contributed by atoms with Crippen LogP contribution < -0.4 is 5.32 Å². The summed E-state index contributed by atoms with van der Waals surface area (Å²) in [7, 11) is 0. The Labute approximate surface area is 148 Å². The molecule has 0 saturated heterocycles. The minimum atomic E-state index is -4.32. The van der Waals surface area contributed by atoms with Crippen molar-refractivity contribution in [3.05, 3.63) is 70.8 Å². The molecule has 0 heterocycles. The highest BCUT2D eigenvalue weighted by atomic mass is 19.4. The molecule has 0 aliphatic heterocycles. The highest BCUT2D eigenvalue weighted by molar-refractivity contribution is 5.33. The van der Waals surface area contributed by atoms with Crippen LogP contribution in [-0.4, -0.2) is 0 Å². The Bertz CT molecular complexity index is 665. The third kappa shape index (κ3) is 5.60. The zero-order valence-electron chi connectivity index (χ0n) is 15.0. The molecule has 0 fully saturated rings. The summed E-state index contributed by atoms with van der Waals surface area (Å²) in [5.74, 6) is 0. The van der Waals surface area contributed by atoms with Crippen LogP contribution in [0.4, 0.5) is 13.2 Å². The molecule has 2 rings (SSSR count). The van der Waals surface area contributed by atoms with E-state index in [4.69, 9.17) is 0 Å². The van der Waals surface area contributed by atoms with E-state index in [-0.39, 0.29) is 12.1 Å². The van der Waals surface area contributed by atoms with Gasteiger partial charge in [0.25, 0.3) is 0 Å². The highest BCUT2D eigenvalue weighted by Crippen LogP contribution is 2.33. The number of nitrogens with one attached hydrogen (secondary N) is 1. The van der Waals surface area contributed by atoms with Gasteiger partial charge < -0.3 is 5.32 Å². The van der Waals surface area contributed by atoms with Crippen molar-refractivity contribution in [3.8, 4) is 0 Å². The van der Waals surface area contributed by atoms with E-state index in [2.05, 4.69) is 19.2 Å². The molecule has 0 aliphatic carbocycles. The molecule has 0 radical (unpaired) electrons. The summed E-state index contributed by atoms with van der Waals surface area (Å²) in [5.41, 5.74) is 1.91. The molecule has 0 spiro atoms. The van der Waals surface area contributed by atoms with Gasteiger partial charge in [0.1, 0.15) is 0 Å². The third-order valence-electron chi connectivity index (χ3n) is 4.43. The quantitative estimate of drug-likeness (QED) is 0.594. The molecule has 0 amide bonds. The summed E-state index contributed by atoms with van der Waals surface area (Å²) >= 11 is 0. The molecule has 2 aromatic carbocycles. The maximum atomic E-state index is 13.2. The molecule has 0 bridgehead atoms. The molecule has 0 aliphatic rings. The van der Waals surface area contributed by atoms with E-state index in [0.717, 1.165) is 24.8 Å². The largest absolute Gasteiger partial charge is 0.416 e. The van der Waals surface area contributed by atoms with E-state index >= 15 is 0 Å². The van der Waals surface area contributed by atoms with Gasteiger partial charge in [0.05, 0.1) is 5.56 Å². The van der Waals surface area contributed by atoms with Gasteiger partial charge in [-0.25, -0.2) is 0 Å². The fourth-order valence-electron chi connectivity index (χ4n) is 3.07. The molecular weight excluding hydrogens is 323 g/mol. The Balaban J connectivity index is 2.29. The fourth-order valence-corrected chi connectivity index (χ4v) is 3.07. The molecule has 2 unspecified atom stereocenters. The molecule has 0 aromatic heterocycles. The van der Waals surface area contributed by atoms with Gasteiger partial charge in [0, 0.05) is 12.1 Å². The van der Waals surface area contributed by atoms with Crippen LogP contribution in [0.1, 0.15) is 67.4 Å². The Morgan fingerprint density at radius 2 is 1.68 bits per heavy atom. The maximum Gasteiger partial charge on any atom is 0.416 e. The minimum Gasteiger partial charge on any atom is -0.303 e. The molecule has 4 heteroatoms. The van der Waals surface area contributed by atoms with Gasteiger partial charge in [-0.15, -0.1) is 0 Å². The number of halogens is 3. The Morgan fingerprint density at radius 1 is 1.00 bits per heavy atom. The average molecular weight is 349 g/mol. The smallest absolute Gasteiger partial charge is 0.303 e. The van der Waals surface area contributed by atoms with Gasteiger partial charge in [-0.2, -0.15) is 13.2 Å². The van der Waals surface area contributed by atoms with Crippen LogP contribution in [-0.2, 0) is 6.18 Å². The predicted octanol–water partition coefficient (Wildman–Crippen LogP) is 6.60. The highest BCUT2D eigenvalue weighted by Gasteiger charge is 2.31. The Morgan fingerprint density at radius 3 is 2.28 bits per heavy atom. The molecule has 1 N–H and O–H groups in total. The van der Waals surface area contributed by atoms with E-state index in [1.807, 2.05) is 36.4 Å². The number of hydrogen-bond donors (Lipinski definition) is 1. The molecule has 1 nitrogen and oxygen atoms in total. The summed E-state index contributed by atoms with van der Waals surface area (Å²) in [4.78, 5) is 0. The summed E-state index contributed by atoms with van der Waals surface area (Å²) in [6, 6.07) is 14.3. The molecule has 2 atom stereocenters. The van der Waals surface area contributed by atoms with Gasteiger partial charge in [-0.1, -0.05) is 61.7 Å². The third-order valence-corrected chi connectivity index (χ3v) is 4.43. The van der Waals surface area contributed by atoms with Crippen LogP contribution in [0, 0.1) is 6.92 Å². The lowest BCUT2D eigenvalue weighted by Crippen LogP contribution is -2.25. The number of aryl methyl sites for hydroxylation is 1. The lowest BCUT2D eigenvalue weighted by atomic mass is 9.95. The van der Waals surface area contributed by atoms with Crippen molar-refractivity contribution in [2.24, 2.45) is 0 Å². The number of benzene rings is 2. The summed E-state index contributed by atoms with van der Waals surface area (Å²) in [6.07, 6.45) is -1.53. The second kappa shape index (κ2) is 8.52. The maximum absolute atomic E-state index is 13.2. The fraction of sp³-hybridized carbons (Fsp3) is 0.429. The van der Waals surface area contributed by atoms with E-state index in [1.54, 1.807) is 6.92 Å². The van der Waals surface area contributed by atoms with E-state index in [0.29, 0.717) is 11.1 Å². The van der Waals surface area contributed by atoms with Gasteiger partial charge >= 0.3 is 6.18 Å². The van der Waals surface area contributed by atoms with Crippen molar-refractivity contribution in [1.29, 1.82) is 0 Å². The second-order valence-corrected chi connectivity index (χ2v) is 6.62. The molecule has 25 heavy (non-hydrogen) atoms. The second-order valence-electron chi connectivity index (χ2n) is 6.62. The number of hydrogen-bond acceptors (Lipinski definition) is 1. The zero-order valence-corrected chi connectivity index (χ0v) is 15.0. The molecule has 136 valence electrons. The van der Waals surface area contributed by atoms with Gasteiger partial charge in [-0.05, 0) is 43.5 Å². The first-order chi connectivity index (χ1) is 11.8. The van der Waals surface area contributed by atoms with Crippen LogP contribution in [0.2, 0.25) is 0 Å². The van der Waals surface area contributed by atoms with Gasteiger partial charge in [0.2, 0.25) is 0 Å². The van der Waals surface area contributed by atoms with Crippen LogP contribution in [0.15, 0.2) is 48.5 Å². The molecule has 0 saturated carbocycles. The molecular formula is C21H26F3N. The van der Waals surface area contributed by atoms with Crippen LogP contribution >= 0.6 is 0 Å². The van der Waals surface area contributed by atoms with Crippen molar-refractivity contribution in [2.45, 2.75) is 58.3 Å². The first-order valence-corrected chi connectivity index (χ1v) is 8.81. The topological polar surface area (TPSA) is 12.0 Å². The van der Waals surface area contributed by atoms with Crippen molar-refractivity contribution >= 4 is 0 Å². The summed E-state index contributed by atoms with van der Waals surface area (Å²) < 4.78 is 39.5. The first-order valence-electron chi connectivity index (χ1n) is 8.81. The zero-order chi connectivity index (χ0) is 18.4. The molecule has 2 aromatic rings. The summed E-state index contributed by atoms with van der Waals surface area (Å²) in [5, 5.41) is 3.52. The van der Waals surface area contributed by atoms with Crippen LogP contribution in [0.25, 0.3) is 0 Å². The van der Waals surface area contributed by atoms with Crippen molar-refractivity contribution in [3.63, 3.8) is 0 Å². The van der Waals surface area contributed by atoms with E-state index < -0.39 is 11.7 Å². The number of alkyl halides is 3. The Kier molecular flexibility index (Phi) is 6.65. The van der Waals surface area contributed by atoms with Crippen molar-refractivity contribution < 1.29 is 13.2 Å². The van der Waals surface area contributed by atoms with Crippen molar-refractivity contribution in [2.75, 3.05) is 0 Å². The normalized spacial score (nSPS) is 14.3. The van der Waals surface area contributed by atoms with Crippen LogP contribution in [0.5, 0.6) is 0 Å². The van der Waals surface area contributed by atoms with Crippen LogP contribution in [0.3, 0.4) is 0 Å². The SMILES string of the molecule is CCCCC(NC(C)c1ccccc1)c1cc(C)cc(C(F)(F)F)c1. The average Bonchev–Trinajstić information content (AvgIpc) is 2.57. The van der Waals surface area contributed by atoms with Gasteiger partial charge in [-0.3, -0.25) is 0 Å².